The Balaban J connectivity index is 1.62. The Labute approximate surface area is 220 Å². The molecular weight excluding hydrogens is 480 g/mol. The summed E-state index contributed by atoms with van der Waals surface area (Å²) in [5, 5.41) is 6.97. The van der Waals surface area contributed by atoms with Crippen LogP contribution in [0.2, 0.25) is 0 Å². The molecule has 39 heavy (non-hydrogen) atoms. The molecule has 0 N–H and O–H groups in total. The fourth-order valence-corrected chi connectivity index (χ4v) is 6.50. The summed E-state index contributed by atoms with van der Waals surface area (Å²) in [6, 6.07) is 38.3. The van der Waals surface area contributed by atoms with Crippen molar-refractivity contribution in [2.45, 2.75) is 0 Å². The highest BCUT2D eigenvalue weighted by atomic mass is 15.3. The Morgan fingerprint density at radius 1 is 0.333 bits per heavy atom. The van der Waals surface area contributed by atoms with Gasteiger partial charge in [0, 0.05) is 16.2 Å². The van der Waals surface area contributed by atoms with Gasteiger partial charge in [-0.15, -0.1) is 0 Å². The first-order valence-electron chi connectivity index (χ1n) is 13.1. The summed E-state index contributed by atoms with van der Waals surface area (Å²) in [7, 11) is 0. The lowest BCUT2D eigenvalue weighted by Crippen LogP contribution is -2.04. The molecule has 0 fully saturated rings. The second kappa shape index (κ2) is 6.68. The zero-order chi connectivity index (χ0) is 25.2. The van der Waals surface area contributed by atoms with Gasteiger partial charge in [-0.2, -0.15) is 0 Å². The number of hydrogen-bond acceptors (Lipinski definition) is 3. The quantitative estimate of drug-likeness (QED) is 0.217. The summed E-state index contributed by atoms with van der Waals surface area (Å²) in [4.78, 5) is 15.7. The maximum Gasteiger partial charge on any atom is 0.225 e. The van der Waals surface area contributed by atoms with Gasteiger partial charge in [-0.25, -0.2) is 28.2 Å². The van der Waals surface area contributed by atoms with Crippen LogP contribution in [0.15, 0.2) is 109 Å². The van der Waals surface area contributed by atoms with Crippen molar-refractivity contribution in [1.29, 1.82) is 0 Å². The van der Waals surface area contributed by atoms with E-state index in [1.807, 2.05) is 0 Å². The van der Waals surface area contributed by atoms with Crippen molar-refractivity contribution in [3.05, 3.63) is 109 Å². The minimum absolute atomic E-state index is 0.808. The molecule has 180 valence electrons. The van der Waals surface area contributed by atoms with Crippen molar-refractivity contribution < 1.29 is 0 Å². The predicted molar refractivity (Wildman–Crippen MR) is 158 cm³/mol. The highest BCUT2D eigenvalue weighted by Crippen LogP contribution is 2.35. The standard InChI is InChI=1S/C33H18N6/c1-4-10-22-19(7-1)13-16-25-28(22)37-31(34-25)38-30-24-12-6-3-9-21(24)15-18-27(30)36-33(38)39-29-23-11-5-2-8-20(23)14-17-26(29)35-32(37)39/h1-18H. The van der Waals surface area contributed by atoms with E-state index >= 15 is 0 Å². The first-order valence-corrected chi connectivity index (χ1v) is 13.1. The monoisotopic (exact) mass is 498 g/mol. The normalized spacial score (nSPS) is 12.6. The van der Waals surface area contributed by atoms with E-state index in [2.05, 4.69) is 122 Å². The first-order chi connectivity index (χ1) is 19.3. The minimum Gasteiger partial charge on any atom is -0.246 e. The topological polar surface area (TPSA) is 51.9 Å². The van der Waals surface area contributed by atoms with Crippen molar-refractivity contribution >= 4 is 82.8 Å². The molecule has 6 aromatic carbocycles. The van der Waals surface area contributed by atoms with Gasteiger partial charge in [0.2, 0.25) is 17.3 Å². The second-order valence-corrected chi connectivity index (χ2v) is 10.2. The Hall–Kier alpha value is -5.49. The van der Waals surface area contributed by atoms with Gasteiger partial charge in [-0.3, -0.25) is 0 Å². The van der Waals surface area contributed by atoms with E-state index in [-0.39, 0.29) is 0 Å². The molecule has 0 aliphatic heterocycles. The third-order valence-electron chi connectivity index (χ3n) is 8.17. The lowest BCUT2D eigenvalue weighted by atomic mass is 10.1. The molecule has 6 nitrogen and oxygen atoms in total. The van der Waals surface area contributed by atoms with Crippen LogP contribution in [0.5, 0.6) is 0 Å². The van der Waals surface area contributed by atoms with Crippen LogP contribution in [0.3, 0.4) is 0 Å². The molecule has 0 radical (unpaired) electrons. The summed E-state index contributed by atoms with van der Waals surface area (Å²) in [6.07, 6.45) is 0. The molecule has 0 atom stereocenters. The minimum atomic E-state index is 0.808. The average Bonchev–Trinajstić information content (AvgIpc) is 3.68. The number of fused-ring (bicyclic) bond motifs is 18. The van der Waals surface area contributed by atoms with E-state index in [9.17, 15) is 0 Å². The molecule has 0 saturated heterocycles. The third-order valence-corrected chi connectivity index (χ3v) is 8.17. The third kappa shape index (κ3) is 2.31. The molecule has 6 heteroatoms. The molecule has 0 aliphatic rings. The summed E-state index contributed by atoms with van der Waals surface area (Å²) < 4.78 is 6.67. The Morgan fingerprint density at radius 3 is 0.974 bits per heavy atom. The molecule has 10 aromatic rings. The maximum atomic E-state index is 5.24. The zero-order valence-electron chi connectivity index (χ0n) is 20.6. The second-order valence-electron chi connectivity index (χ2n) is 10.2. The number of aromatic nitrogens is 6. The summed E-state index contributed by atoms with van der Waals surface area (Å²) >= 11 is 0. The molecule has 0 unspecified atom stereocenters. The number of benzene rings is 6. The summed E-state index contributed by atoms with van der Waals surface area (Å²) in [5.41, 5.74) is 5.95. The Bertz CT molecular complexity index is 2350. The van der Waals surface area contributed by atoms with Crippen molar-refractivity contribution in [3.63, 3.8) is 0 Å². The van der Waals surface area contributed by atoms with Crippen molar-refractivity contribution in [1.82, 2.24) is 28.2 Å². The number of rotatable bonds is 0. The average molecular weight is 499 g/mol. The fourth-order valence-electron chi connectivity index (χ4n) is 6.50. The van der Waals surface area contributed by atoms with E-state index < -0.39 is 0 Å². The number of imidazole rings is 3. The molecular formula is C33H18N6. The predicted octanol–water partition coefficient (Wildman–Crippen LogP) is 7.55. The summed E-state index contributed by atoms with van der Waals surface area (Å²) in [5.74, 6) is 2.42. The van der Waals surface area contributed by atoms with Crippen LogP contribution < -0.4 is 0 Å². The molecule has 4 heterocycles. The molecule has 0 saturated carbocycles. The van der Waals surface area contributed by atoms with Gasteiger partial charge < -0.3 is 0 Å². The van der Waals surface area contributed by atoms with E-state index in [1.165, 1.54) is 16.2 Å². The van der Waals surface area contributed by atoms with Gasteiger partial charge in [-0.1, -0.05) is 91.0 Å². The van der Waals surface area contributed by atoms with E-state index in [1.54, 1.807) is 0 Å². The van der Waals surface area contributed by atoms with Gasteiger partial charge in [-0.05, 0) is 34.4 Å². The largest absolute Gasteiger partial charge is 0.246 e. The Morgan fingerprint density at radius 2 is 0.641 bits per heavy atom. The zero-order valence-corrected chi connectivity index (χ0v) is 20.6. The van der Waals surface area contributed by atoms with Crippen molar-refractivity contribution in [3.8, 4) is 0 Å². The van der Waals surface area contributed by atoms with Crippen molar-refractivity contribution in [2.75, 3.05) is 0 Å². The van der Waals surface area contributed by atoms with Crippen LogP contribution in [0, 0.1) is 0 Å². The lowest BCUT2D eigenvalue weighted by molar-refractivity contribution is 1.02. The lowest BCUT2D eigenvalue weighted by Gasteiger charge is -2.08. The van der Waals surface area contributed by atoms with Crippen LogP contribution in [0.25, 0.3) is 82.8 Å². The molecule has 4 aromatic heterocycles. The van der Waals surface area contributed by atoms with Gasteiger partial charge in [0.25, 0.3) is 0 Å². The van der Waals surface area contributed by atoms with Crippen LogP contribution in [-0.4, -0.2) is 28.2 Å². The fraction of sp³-hybridized carbons (Fsp3) is 0. The van der Waals surface area contributed by atoms with E-state index in [0.29, 0.717) is 0 Å². The van der Waals surface area contributed by atoms with Crippen LogP contribution >= 0.6 is 0 Å². The highest BCUT2D eigenvalue weighted by molar-refractivity contribution is 6.11. The number of nitrogens with zero attached hydrogens (tertiary/aromatic N) is 6. The summed E-state index contributed by atoms with van der Waals surface area (Å²) in [6.45, 7) is 0. The first kappa shape index (κ1) is 19.6. The molecule has 0 bridgehead atoms. The number of hydrogen-bond donors (Lipinski definition) is 0. The van der Waals surface area contributed by atoms with E-state index in [4.69, 9.17) is 15.0 Å². The van der Waals surface area contributed by atoms with Gasteiger partial charge in [0.05, 0.1) is 33.1 Å². The molecule has 0 amide bonds. The maximum absolute atomic E-state index is 5.24. The van der Waals surface area contributed by atoms with Gasteiger partial charge in [0.1, 0.15) is 0 Å². The SMILES string of the molecule is c1ccc2c(c1)ccc1nc3n(c12)c1nc2ccc4ccccc4c2n1c1nc2ccc4ccccc4c2n31. The molecule has 0 aliphatic carbocycles. The van der Waals surface area contributed by atoms with Crippen molar-refractivity contribution in [2.24, 2.45) is 0 Å². The van der Waals surface area contributed by atoms with Gasteiger partial charge in [0.15, 0.2) is 0 Å². The van der Waals surface area contributed by atoms with Crippen LogP contribution in [-0.2, 0) is 0 Å². The molecule has 10 rings (SSSR count). The van der Waals surface area contributed by atoms with Crippen LogP contribution in [0.1, 0.15) is 0 Å². The van der Waals surface area contributed by atoms with Crippen LogP contribution in [0.4, 0.5) is 0 Å². The smallest absolute Gasteiger partial charge is 0.225 e. The molecule has 0 spiro atoms. The highest BCUT2D eigenvalue weighted by Gasteiger charge is 2.23. The van der Waals surface area contributed by atoms with Gasteiger partial charge >= 0.3 is 0 Å². The van der Waals surface area contributed by atoms with E-state index in [0.717, 1.165) is 66.6 Å². The Kier molecular flexibility index (Phi) is 3.36.